The van der Waals surface area contributed by atoms with Gasteiger partial charge in [-0.25, -0.2) is 8.42 Å². The monoisotopic (exact) mass is 488 g/mol. The lowest BCUT2D eigenvalue weighted by atomic mass is 9.92. The lowest BCUT2D eigenvalue weighted by Crippen LogP contribution is -2.42. The Morgan fingerprint density at radius 2 is 1.91 bits per heavy atom. The maximum atomic E-state index is 12.8. The van der Waals surface area contributed by atoms with Crippen molar-refractivity contribution in [1.29, 1.82) is 5.26 Å². The number of fused-ring (bicyclic) bond motifs is 1. The third kappa shape index (κ3) is 3.97. The summed E-state index contributed by atoms with van der Waals surface area (Å²) >= 11 is 0. The molecule has 3 aromatic rings. The summed E-state index contributed by atoms with van der Waals surface area (Å²) in [5.41, 5.74) is 3.73. The number of rotatable bonds is 6. The number of nitrogens with zero attached hydrogens (tertiary/aromatic N) is 3. The van der Waals surface area contributed by atoms with Gasteiger partial charge in [-0.15, -0.1) is 0 Å². The zero-order chi connectivity index (χ0) is 24.3. The zero-order valence-electron chi connectivity index (χ0n) is 18.4. The largest absolute Gasteiger partial charge is 0.404 e. The average molecular weight is 489 g/mol. The minimum Gasteiger partial charge on any atom is -0.335 e. The van der Waals surface area contributed by atoms with E-state index in [0.717, 1.165) is 56.1 Å². The molecule has 34 heavy (non-hydrogen) atoms. The summed E-state index contributed by atoms with van der Waals surface area (Å²) in [5, 5.41) is 10.8. The topological polar surface area (TPSA) is 87.8 Å². The van der Waals surface area contributed by atoms with E-state index in [1.807, 2.05) is 6.07 Å². The molecule has 0 radical (unpaired) electrons. The van der Waals surface area contributed by atoms with Crippen LogP contribution in [-0.4, -0.2) is 30.2 Å². The van der Waals surface area contributed by atoms with Crippen molar-refractivity contribution < 1.29 is 21.6 Å². The number of benzene rings is 1. The fraction of sp³-hybridized carbons (Fsp3) is 0.417. The predicted octanol–water partition coefficient (Wildman–Crippen LogP) is 5.41. The Morgan fingerprint density at radius 3 is 2.44 bits per heavy atom. The number of pyridine rings is 1. The van der Waals surface area contributed by atoms with Crippen LogP contribution in [0.4, 0.5) is 13.2 Å². The highest BCUT2D eigenvalue weighted by Crippen LogP contribution is 2.45. The first kappa shape index (κ1) is 22.9. The van der Waals surface area contributed by atoms with E-state index in [1.54, 1.807) is 4.72 Å². The minimum absolute atomic E-state index is 0.216. The van der Waals surface area contributed by atoms with Crippen molar-refractivity contribution >= 4 is 20.9 Å². The summed E-state index contributed by atoms with van der Waals surface area (Å²) in [4.78, 5) is 3.92. The molecule has 0 aliphatic heterocycles. The number of nitriles is 1. The van der Waals surface area contributed by atoms with Crippen LogP contribution in [0, 0.1) is 11.3 Å². The van der Waals surface area contributed by atoms with Crippen LogP contribution in [0.15, 0.2) is 41.4 Å². The number of hydrogen-bond acceptors (Lipinski definition) is 4. The molecule has 0 unspecified atom stereocenters. The van der Waals surface area contributed by atoms with Gasteiger partial charge >= 0.3 is 6.18 Å². The van der Waals surface area contributed by atoms with E-state index in [-0.39, 0.29) is 10.9 Å². The van der Waals surface area contributed by atoms with Crippen LogP contribution >= 0.6 is 0 Å². The first-order chi connectivity index (χ1) is 16.1. The molecule has 2 aliphatic carbocycles. The normalized spacial score (nSPS) is 18.0. The molecule has 1 atom stereocenters. The molecule has 2 fully saturated rings. The van der Waals surface area contributed by atoms with Crippen molar-refractivity contribution in [3.05, 3.63) is 47.7 Å². The van der Waals surface area contributed by atoms with E-state index < -0.39 is 22.2 Å². The smallest absolute Gasteiger partial charge is 0.335 e. The van der Waals surface area contributed by atoms with Crippen molar-refractivity contribution in [2.24, 2.45) is 0 Å². The number of hydrogen-bond donors (Lipinski definition) is 1. The van der Waals surface area contributed by atoms with Crippen LogP contribution in [0.25, 0.3) is 22.3 Å². The minimum atomic E-state index is -4.70. The SMILES string of the molecule is C[C@H](NS(=O)(=O)c1ccc(-c2c(C#N)c3ccc(C4CC4)cc3n2C2CCC2)nc1)C(F)(F)F. The summed E-state index contributed by atoms with van der Waals surface area (Å²) in [6.07, 6.45) is 1.69. The molecule has 1 aromatic carbocycles. The highest BCUT2D eigenvalue weighted by molar-refractivity contribution is 7.89. The van der Waals surface area contributed by atoms with Gasteiger partial charge in [-0.2, -0.15) is 23.2 Å². The third-order valence-electron chi connectivity index (χ3n) is 6.74. The molecule has 2 heterocycles. The van der Waals surface area contributed by atoms with E-state index in [0.29, 0.717) is 22.9 Å². The van der Waals surface area contributed by atoms with Gasteiger partial charge in [0, 0.05) is 17.6 Å². The summed E-state index contributed by atoms with van der Waals surface area (Å²) < 4.78 is 67.1. The van der Waals surface area contributed by atoms with E-state index in [4.69, 9.17) is 0 Å². The van der Waals surface area contributed by atoms with Crippen LogP contribution in [0.3, 0.4) is 0 Å². The van der Waals surface area contributed by atoms with Crippen LogP contribution in [0.2, 0.25) is 0 Å². The fourth-order valence-corrected chi connectivity index (χ4v) is 5.61. The van der Waals surface area contributed by atoms with Gasteiger partial charge in [-0.1, -0.05) is 12.1 Å². The number of nitrogens with one attached hydrogen (secondary N) is 1. The summed E-state index contributed by atoms with van der Waals surface area (Å²) in [6, 6.07) is 9.15. The second kappa shape index (κ2) is 8.10. The van der Waals surface area contributed by atoms with Crippen molar-refractivity contribution in [2.45, 2.75) is 68.1 Å². The number of alkyl halides is 3. The molecule has 178 valence electrons. The molecule has 0 saturated heterocycles. The molecule has 0 amide bonds. The summed E-state index contributed by atoms with van der Waals surface area (Å²) in [6.45, 7) is 0.742. The quantitative estimate of drug-likeness (QED) is 0.503. The second-order valence-corrected chi connectivity index (χ2v) is 10.8. The van der Waals surface area contributed by atoms with Gasteiger partial charge in [-0.05, 0) is 68.7 Å². The highest BCUT2D eigenvalue weighted by atomic mass is 32.2. The van der Waals surface area contributed by atoms with Crippen molar-refractivity contribution in [3.8, 4) is 17.5 Å². The van der Waals surface area contributed by atoms with E-state index >= 15 is 0 Å². The Labute approximate surface area is 195 Å². The third-order valence-corrected chi connectivity index (χ3v) is 8.27. The standard InChI is InChI=1S/C24H23F3N4O2S/c1-14(24(25,26)27)30-34(32,33)18-8-10-21(29-13-18)23-20(12-28)19-9-7-16(15-5-6-15)11-22(19)31(23)17-3-2-4-17/h7-11,13-15,17,30H,2-6H2,1H3/t14-/m0/s1. The average Bonchev–Trinajstić information content (AvgIpc) is 3.55. The molecule has 0 spiro atoms. The first-order valence-corrected chi connectivity index (χ1v) is 12.7. The number of halogens is 3. The first-order valence-electron chi connectivity index (χ1n) is 11.2. The Hall–Kier alpha value is -2.90. The zero-order valence-corrected chi connectivity index (χ0v) is 19.2. The summed E-state index contributed by atoms with van der Waals surface area (Å²) in [5.74, 6) is 0.553. The van der Waals surface area contributed by atoms with Crippen LogP contribution in [0.5, 0.6) is 0 Å². The van der Waals surface area contributed by atoms with Crippen LogP contribution in [0.1, 0.15) is 62.1 Å². The highest BCUT2D eigenvalue weighted by Gasteiger charge is 2.39. The molecule has 0 bridgehead atoms. The van der Waals surface area contributed by atoms with Crippen LogP contribution < -0.4 is 4.72 Å². The molecular weight excluding hydrogens is 465 g/mol. The Balaban J connectivity index is 1.58. The maximum absolute atomic E-state index is 12.8. The fourth-order valence-electron chi connectivity index (χ4n) is 4.43. The van der Waals surface area contributed by atoms with Crippen molar-refractivity contribution in [3.63, 3.8) is 0 Å². The summed E-state index contributed by atoms with van der Waals surface area (Å²) in [7, 11) is -4.41. The van der Waals surface area contributed by atoms with Gasteiger partial charge in [0.1, 0.15) is 17.0 Å². The van der Waals surface area contributed by atoms with Crippen molar-refractivity contribution in [2.75, 3.05) is 0 Å². The molecule has 2 saturated carbocycles. The number of sulfonamides is 1. The molecule has 10 heteroatoms. The van der Waals surface area contributed by atoms with E-state index in [9.17, 15) is 26.9 Å². The van der Waals surface area contributed by atoms with Gasteiger partial charge < -0.3 is 4.57 Å². The molecule has 2 aliphatic rings. The maximum Gasteiger partial charge on any atom is 0.404 e. The molecule has 1 N–H and O–H groups in total. The van der Waals surface area contributed by atoms with Gasteiger partial charge in [0.15, 0.2) is 0 Å². The van der Waals surface area contributed by atoms with E-state index in [1.165, 1.54) is 17.7 Å². The lowest BCUT2D eigenvalue weighted by molar-refractivity contribution is -0.147. The number of aromatic nitrogens is 2. The van der Waals surface area contributed by atoms with Crippen LogP contribution in [-0.2, 0) is 10.0 Å². The Morgan fingerprint density at radius 1 is 1.18 bits per heavy atom. The van der Waals surface area contributed by atoms with Gasteiger partial charge in [0.05, 0.1) is 22.5 Å². The predicted molar refractivity (Wildman–Crippen MR) is 121 cm³/mol. The Kier molecular flexibility index (Phi) is 5.45. The van der Waals surface area contributed by atoms with Crippen molar-refractivity contribution in [1.82, 2.24) is 14.3 Å². The molecular formula is C24H23F3N4O2S. The van der Waals surface area contributed by atoms with E-state index in [2.05, 4.69) is 27.8 Å². The molecule has 5 rings (SSSR count). The molecule has 6 nitrogen and oxygen atoms in total. The van der Waals surface area contributed by atoms with Gasteiger partial charge in [0.25, 0.3) is 0 Å². The lowest BCUT2D eigenvalue weighted by Gasteiger charge is -2.30. The second-order valence-electron chi connectivity index (χ2n) is 9.10. The van der Waals surface area contributed by atoms with Gasteiger partial charge in [0.2, 0.25) is 10.0 Å². The molecule has 2 aromatic heterocycles. The Bertz CT molecular complexity index is 1400. The van der Waals surface area contributed by atoms with Gasteiger partial charge in [-0.3, -0.25) is 4.98 Å².